The summed E-state index contributed by atoms with van der Waals surface area (Å²) in [7, 11) is 0. The van der Waals surface area contributed by atoms with Crippen LogP contribution in [0.1, 0.15) is 31.9 Å². The largest absolute Gasteiger partial charge is 0.492 e. The second kappa shape index (κ2) is 6.32. The van der Waals surface area contributed by atoms with Crippen molar-refractivity contribution in [1.29, 1.82) is 0 Å². The van der Waals surface area contributed by atoms with E-state index in [-0.39, 0.29) is 0 Å². The van der Waals surface area contributed by atoms with E-state index in [0.29, 0.717) is 19.3 Å². The molecule has 0 saturated heterocycles. The van der Waals surface area contributed by atoms with Crippen molar-refractivity contribution in [2.24, 2.45) is 0 Å². The van der Waals surface area contributed by atoms with Crippen molar-refractivity contribution in [3.63, 3.8) is 0 Å². The third-order valence-electron chi connectivity index (χ3n) is 2.89. The van der Waals surface area contributed by atoms with Gasteiger partial charge in [0.15, 0.2) is 0 Å². The summed E-state index contributed by atoms with van der Waals surface area (Å²) in [4.78, 5) is 0. The van der Waals surface area contributed by atoms with Gasteiger partial charge in [-0.25, -0.2) is 0 Å². The number of nitrogens with one attached hydrogen (secondary N) is 1. The summed E-state index contributed by atoms with van der Waals surface area (Å²) in [5.74, 6) is 7.61. The van der Waals surface area contributed by atoms with Crippen LogP contribution in [0.2, 0.25) is 0 Å². The zero-order chi connectivity index (χ0) is 12.8. The molecule has 1 aromatic rings. The van der Waals surface area contributed by atoms with Crippen LogP contribution in [-0.4, -0.2) is 19.8 Å². The lowest BCUT2D eigenvalue weighted by atomic mass is 10.1. The van der Waals surface area contributed by atoms with Crippen molar-refractivity contribution in [2.75, 3.05) is 19.8 Å². The molecule has 1 N–H and O–H groups in total. The minimum Gasteiger partial charge on any atom is -0.492 e. The van der Waals surface area contributed by atoms with Gasteiger partial charge in [0.25, 0.3) is 0 Å². The van der Waals surface area contributed by atoms with Crippen LogP contribution < -0.4 is 14.8 Å². The van der Waals surface area contributed by atoms with Crippen molar-refractivity contribution >= 4 is 0 Å². The maximum atomic E-state index is 5.66. The van der Waals surface area contributed by atoms with Gasteiger partial charge in [-0.1, -0.05) is 6.92 Å². The molecular formula is C15H19NO2. The van der Waals surface area contributed by atoms with Crippen molar-refractivity contribution in [2.45, 2.75) is 26.3 Å². The molecule has 1 aliphatic rings. The zero-order valence-corrected chi connectivity index (χ0v) is 11.0. The molecule has 1 heterocycles. The van der Waals surface area contributed by atoms with Gasteiger partial charge in [0.1, 0.15) is 18.1 Å². The first-order valence-corrected chi connectivity index (χ1v) is 6.37. The monoisotopic (exact) mass is 245 g/mol. The maximum Gasteiger partial charge on any atom is 0.127 e. The second-order valence-electron chi connectivity index (χ2n) is 4.15. The van der Waals surface area contributed by atoms with E-state index in [2.05, 4.69) is 30.1 Å². The number of benzene rings is 1. The number of hydrogen-bond acceptors (Lipinski definition) is 3. The first-order valence-electron chi connectivity index (χ1n) is 6.37. The molecule has 0 saturated carbocycles. The molecule has 1 unspecified atom stereocenters. The molecule has 0 aliphatic carbocycles. The first kappa shape index (κ1) is 12.8. The summed E-state index contributed by atoms with van der Waals surface area (Å²) in [6.45, 7) is 6.21. The summed E-state index contributed by atoms with van der Waals surface area (Å²) in [6.07, 6.45) is 0.758. The third kappa shape index (κ3) is 2.96. The van der Waals surface area contributed by atoms with Crippen molar-refractivity contribution in [3.05, 3.63) is 23.8 Å². The van der Waals surface area contributed by atoms with Gasteiger partial charge in [0.05, 0.1) is 12.6 Å². The molecule has 0 radical (unpaired) electrons. The smallest absolute Gasteiger partial charge is 0.127 e. The Bertz CT molecular complexity index is 459. The predicted octanol–water partition coefficient (Wildman–Crippen LogP) is 2.52. The van der Waals surface area contributed by atoms with Crippen LogP contribution in [0.5, 0.6) is 11.5 Å². The third-order valence-corrected chi connectivity index (χ3v) is 2.89. The lowest BCUT2D eigenvalue weighted by Gasteiger charge is -2.09. The molecule has 3 heteroatoms. The quantitative estimate of drug-likeness (QED) is 0.638. The molecule has 96 valence electrons. The van der Waals surface area contributed by atoms with Gasteiger partial charge in [-0.3, -0.25) is 0 Å². The van der Waals surface area contributed by atoms with Gasteiger partial charge in [-0.15, -0.1) is 11.8 Å². The van der Waals surface area contributed by atoms with E-state index in [1.165, 1.54) is 5.56 Å². The number of hydrogen-bond donors (Lipinski definition) is 1. The molecule has 0 fully saturated rings. The lowest BCUT2D eigenvalue weighted by molar-refractivity contribution is 0.307. The molecule has 18 heavy (non-hydrogen) atoms. The van der Waals surface area contributed by atoms with E-state index in [1.54, 1.807) is 0 Å². The Labute approximate surface area is 108 Å². The van der Waals surface area contributed by atoms with E-state index in [1.807, 2.05) is 19.1 Å². The highest BCUT2D eigenvalue weighted by Crippen LogP contribution is 2.35. The average Bonchev–Trinajstić information content (AvgIpc) is 2.78. The highest BCUT2D eigenvalue weighted by Gasteiger charge is 2.23. The first-order chi connectivity index (χ1) is 8.85. The number of fused-ring (bicyclic) bond motifs is 1. The highest BCUT2D eigenvalue weighted by molar-refractivity contribution is 5.45. The summed E-state index contributed by atoms with van der Waals surface area (Å²) in [6, 6.07) is 6.35. The predicted molar refractivity (Wildman–Crippen MR) is 71.9 cm³/mol. The summed E-state index contributed by atoms with van der Waals surface area (Å²) in [5.41, 5.74) is 1.22. The molecule has 0 aromatic heterocycles. The van der Waals surface area contributed by atoms with E-state index in [4.69, 9.17) is 9.47 Å². The lowest BCUT2D eigenvalue weighted by Crippen LogP contribution is -2.21. The van der Waals surface area contributed by atoms with Crippen molar-refractivity contribution in [3.8, 4) is 23.3 Å². The van der Waals surface area contributed by atoms with E-state index >= 15 is 0 Å². The fraction of sp³-hybridized carbons (Fsp3) is 0.467. The molecule has 2 rings (SSSR count). The molecule has 1 aliphatic heterocycles. The molecule has 1 atom stereocenters. The molecule has 1 aromatic carbocycles. The maximum absolute atomic E-state index is 5.66. The fourth-order valence-electron chi connectivity index (χ4n) is 2.04. The van der Waals surface area contributed by atoms with Gasteiger partial charge in [0.2, 0.25) is 0 Å². The van der Waals surface area contributed by atoms with E-state index in [0.717, 1.165) is 24.5 Å². The minimum atomic E-state index is 0.310. The number of likely N-dealkylation sites (N-methyl/N-ethyl adjacent to an activating group) is 1. The molecule has 3 nitrogen and oxygen atoms in total. The van der Waals surface area contributed by atoms with Crippen molar-refractivity contribution in [1.82, 2.24) is 5.32 Å². The van der Waals surface area contributed by atoms with Crippen LogP contribution in [0, 0.1) is 11.8 Å². The number of rotatable bonds is 5. The van der Waals surface area contributed by atoms with Crippen LogP contribution >= 0.6 is 0 Å². The minimum absolute atomic E-state index is 0.310. The summed E-state index contributed by atoms with van der Waals surface area (Å²) < 4.78 is 11.3. The van der Waals surface area contributed by atoms with Gasteiger partial charge in [-0.05, 0) is 25.6 Å². The highest BCUT2D eigenvalue weighted by atomic mass is 16.5. The van der Waals surface area contributed by atoms with Gasteiger partial charge < -0.3 is 14.8 Å². The topological polar surface area (TPSA) is 30.5 Å². The standard InChI is InChI=1S/C15H19NO2/c1-3-5-6-9-17-12-7-8-13-14(16-4-2)11-18-15(13)10-12/h7-8,10,14,16H,4,6,9,11H2,1-2H3. The Morgan fingerprint density at radius 1 is 1.50 bits per heavy atom. The molecule has 0 bridgehead atoms. The SMILES string of the molecule is CC#CCCOc1ccc2c(c1)OCC2NCC. The van der Waals surface area contributed by atoms with Crippen LogP contribution in [0.25, 0.3) is 0 Å². The number of ether oxygens (including phenoxy) is 2. The van der Waals surface area contributed by atoms with Gasteiger partial charge in [-0.2, -0.15) is 0 Å². The van der Waals surface area contributed by atoms with Crippen LogP contribution in [0.3, 0.4) is 0 Å². The normalized spacial score (nSPS) is 16.4. The fourth-order valence-corrected chi connectivity index (χ4v) is 2.04. The van der Waals surface area contributed by atoms with Gasteiger partial charge in [0, 0.05) is 18.1 Å². The molecular weight excluding hydrogens is 226 g/mol. The van der Waals surface area contributed by atoms with E-state index in [9.17, 15) is 0 Å². The second-order valence-corrected chi connectivity index (χ2v) is 4.15. The van der Waals surface area contributed by atoms with Crippen LogP contribution in [0.4, 0.5) is 0 Å². The Morgan fingerprint density at radius 2 is 2.39 bits per heavy atom. The van der Waals surface area contributed by atoms with E-state index < -0.39 is 0 Å². The Morgan fingerprint density at radius 3 is 3.17 bits per heavy atom. The summed E-state index contributed by atoms with van der Waals surface area (Å²) >= 11 is 0. The molecule has 0 spiro atoms. The zero-order valence-electron chi connectivity index (χ0n) is 11.0. The Balaban J connectivity index is 1.97. The van der Waals surface area contributed by atoms with Crippen LogP contribution in [-0.2, 0) is 0 Å². The van der Waals surface area contributed by atoms with Crippen molar-refractivity contribution < 1.29 is 9.47 Å². The average molecular weight is 245 g/mol. The summed E-state index contributed by atoms with van der Waals surface area (Å²) in [5, 5.41) is 3.40. The molecule has 0 amide bonds. The Kier molecular flexibility index (Phi) is 4.49. The van der Waals surface area contributed by atoms with Gasteiger partial charge >= 0.3 is 0 Å². The Hall–Kier alpha value is -1.66. The van der Waals surface area contributed by atoms with Crippen LogP contribution in [0.15, 0.2) is 18.2 Å².